The molecule has 0 saturated carbocycles. The van der Waals surface area contributed by atoms with E-state index in [0.29, 0.717) is 12.3 Å². The zero-order chi connectivity index (χ0) is 13.0. The molecular formula is C14H17N3O. The van der Waals surface area contributed by atoms with Crippen molar-refractivity contribution in [3.05, 3.63) is 48.5 Å². The first-order valence-electron chi connectivity index (χ1n) is 6.11. The van der Waals surface area contributed by atoms with Crippen molar-refractivity contribution in [3.63, 3.8) is 0 Å². The predicted molar refractivity (Wildman–Crippen MR) is 69.3 cm³/mol. The van der Waals surface area contributed by atoms with E-state index in [4.69, 9.17) is 0 Å². The van der Waals surface area contributed by atoms with Gasteiger partial charge in [0, 0.05) is 12.0 Å². The molecule has 0 saturated heterocycles. The number of aromatic nitrogens is 3. The molecule has 0 aliphatic heterocycles. The Morgan fingerprint density at radius 1 is 1.28 bits per heavy atom. The second-order valence-corrected chi connectivity index (χ2v) is 4.68. The first-order chi connectivity index (χ1) is 8.68. The van der Waals surface area contributed by atoms with Gasteiger partial charge < -0.3 is 0 Å². The van der Waals surface area contributed by atoms with Crippen molar-refractivity contribution in [1.82, 2.24) is 14.8 Å². The highest BCUT2D eigenvalue weighted by Crippen LogP contribution is 2.22. The van der Waals surface area contributed by atoms with Gasteiger partial charge in [-0.1, -0.05) is 44.2 Å². The fourth-order valence-electron chi connectivity index (χ4n) is 1.96. The summed E-state index contributed by atoms with van der Waals surface area (Å²) in [5, 5.41) is 4.14. The minimum atomic E-state index is 0.0557. The van der Waals surface area contributed by atoms with Crippen molar-refractivity contribution >= 4 is 5.78 Å². The quantitative estimate of drug-likeness (QED) is 0.759. The van der Waals surface area contributed by atoms with Crippen molar-refractivity contribution in [2.24, 2.45) is 5.92 Å². The monoisotopic (exact) mass is 243 g/mol. The van der Waals surface area contributed by atoms with Gasteiger partial charge in [-0.05, 0) is 5.92 Å². The van der Waals surface area contributed by atoms with E-state index >= 15 is 0 Å². The van der Waals surface area contributed by atoms with Crippen LogP contribution in [0, 0.1) is 5.92 Å². The lowest BCUT2D eigenvalue weighted by atomic mass is 9.96. The van der Waals surface area contributed by atoms with Crippen LogP contribution < -0.4 is 0 Å². The number of carbonyl (C=O) groups is 1. The van der Waals surface area contributed by atoms with Gasteiger partial charge in [0.05, 0.1) is 6.04 Å². The van der Waals surface area contributed by atoms with Gasteiger partial charge in [0.15, 0.2) is 5.78 Å². The van der Waals surface area contributed by atoms with Crippen LogP contribution >= 0.6 is 0 Å². The third-order valence-electron chi connectivity index (χ3n) is 3.04. The highest BCUT2D eigenvalue weighted by atomic mass is 16.1. The largest absolute Gasteiger partial charge is 0.294 e. The van der Waals surface area contributed by atoms with Crippen molar-refractivity contribution < 1.29 is 4.79 Å². The molecule has 0 N–H and O–H groups in total. The summed E-state index contributed by atoms with van der Waals surface area (Å²) in [5.41, 5.74) is 0.753. The summed E-state index contributed by atoms with van der Waals surface area (Å²) in [5.74, 6) is 0.476. The standard InChI is InChI=1S/C14H17N3O/c1-11(2)13(17-10-15-9-16-17)8-14(18)12-6-4-3-5-7-12/h3-7,9-11,13H,8H2,1-2H3. The Balaban J connectivity index is 2.13. The summed E-state index contributed by atoms with van der Waals surface area (Å²) in [6.45, 7) is 4.18. The molecule has 4 heteroatoms. The first-order valence-corrected chi connectivity index (χ1v) is 6.11. The molecule has 0 amide bonds. The predicted octanol–water partition coefficient (Wildman–Crippen LogP) is 2.75. The van der Waals surface area contributed by atoms with Crippen LogP contribution in [0.25, 0.3) is 0 Å². The lowest BCUT2D eigenvalue weighted by Crippen LogP contribution is -2.19. The van der Waals surface area contributed by atoms with E-state index in [1.54, 1.807) is 11.0 Å². The molecule has 1 aromatic carbocycles. The average molecular weight is 243 g/mol. The molecule has 94 valence electrons. The van der Waals surface area contributed by atoms with Gasteiger partial charge in [0.25, 0.3) is 0 Å². The zero-order valence-corrected chi connectivity index (χ0v) is 10.7. The first kappa shape index (κ1) is 12.5. The van der Waals surface area contributed by atoms with Crippen LogP contribution in [0.1, 0.15) is 36.7 Å². The minimum Gasteiger partial charge on any atom is -0.294 e. The smallest absolute Gasteiger partial charge is 0.165 e. The summed E-state index contributed by atoms with van der Waals surface area (Å²) >= 11 is 0. The van der Waals surface area contributed by atoms with Crippen molar-refractivity contribution in [2.75, 3.05) is 0 Å². The summed E-state index contributed by atoms with van der Waals surface area (Å²) in [7, 11) is 0. The Morgan fingerprint density at radius 2 is 2.00 bits per heavy atom. The van der Waals surface area contributed by atoms with Crippen molar-refractivity contribution in [1.29, 1.82) is 0 Å². The summed E-state index contributed by atoms with van der Waals surface area (Å²) in [6.07, 6.45) is 3.62. The molecule has 0 radical (unpaired) electrons. The molecule has 0 bridgehead atoms. The third-order valence-corrected chi connectivity index (χ3v) is 3.04. The van der Waals surface area contributed by atoms with E-state index in [9.17, 15) is 4.79 Å². The van der Waals surface area contributed by atoms with Crippen LogP contribution in [0.3, 0.4) is 0 Å². The molecule has 2 rings (SSSR count). The number of nitrogens with zero attached hydrogens (tertiary/aromatic N) is 3. The minimum absolute atomic E-state index is 0.0557. The Hall–Kier alpha value is -1.97. The molecule has 4 nitrogen and oxygen atoms in total. The normalized spacial score (nSPS) is 12.6. The SMILES string of the molecule is CC(C)C(CC(=O)c1ccccc1)n1cncn1. The number of hydrogen-bond acceptors (Lipinski definition) is 3. The average Bonchev–Trinajstić information content (AvgIpc) is 2.90. The van der Waals surface area contributed by atoms with Gasteiger partial charge in [0.1, 0.15) is 12.7 Å². The Kier molecular flexibility index (Phi) is 3.87. The van der Waals surface area contributed by atoms with Gasteiger partial charge in [-0.25, -0.2) is 9.67 Å². The van der Waals surface area contributed by atoms with E-state index in [0.717, 1.165) is 5.56 Å². The van der Waals surface area contributed by atoms with Crippen LogP contribution in [0.5, 0.6) is 0 Å². The highest BCUT2D eigenvalue weighted by Gasteiger charge is 2.20. The van der Waals surface area contributed by atoms with E-state index in [2.05, 4.69) is 23.9 Å². The van der Waals surface area contributed by atoms with Crippen molar-refractivity contribution in [3.8, 4) is 0 Å². The maximum Gasteiger partial charge on any atom is 0.165 e. The van der Waals surface area contributed by atoms with Crippen LogP contribution in [0.4, 0.5) is 0 Å². The lowest BCUT2D eigenvalue weighted by molar-refractivity contribution is 0.0947. The molecule has 1 heterocycles. The lowest BCUT2D eigenvalue weighted by Gasteiger charge is -2.20. The number of benzene rings is 1. The van der Waals surface area contributed by atoms with Crippen LogP contribution in [0.2, 0.25) is 0 Å². The van der Waals surface area contributed by atoms with Gasteiger partial charge in [-0.15, -0.1) is 0 Å². The summed E-state index contributed by atoms with van der Waals surface area (Å²) < 4.78 is 1.77. The van der Waals surface area contributed by atoms with E-state index in [1.807, 2.05) is 30.3 Å². The maximum absolute atomic E-state index is 12.2. The molecule has 1 unspecified atom stereocenters. The van der Waals surface area contributed by atoms with Gasteiger partial charge in [0.2, 0.25) is 0 Å². The van der Waals surface area contributed by atoms with Gasteiger partial charge in [-0.2, -0.15) is 5.10 Å². The molecule has 0 aliphatic carbocycles. The van der Waals surface area contributed by atoms with Crippen LogP contribution in [-0.2, 0) is 0 Å². The van der Waals surface area contributed by atoms with Gasteiger partial charge >= 0.3 is 0 Å². The zero-order valence-electron chi connectivity index (χ0n) is 10.7. The Bertz CT molecular complexity index is 491. The topological polar surface area (TPSA) is 47.8 Å². The van der Waals surface area contributed by atoms with Crippen molar-refractivity contribution in [2.45, 2.75) is 26.3 Å². The van der Waals surface area contributed by atoms with E-state index in [-0.39, 0.29) is 11.8 Å². The summed E-state index contributed by atoms with van der Waals surface area (Å²) in [4.78, 5) is 16.1. The number of ketones is 1. The number of rotatable bonds is 5. The second kappa shape index (κ2) is 5.58. The van der Waals surface area contributed by atoms with Gasteiger partial charge in [-0.3, -0.25) is 4.79 Å². The fraction of sp³-hybridized carbons (Fsp3) is 0.357. The maximum atomic E-state index is 12.2. The summed E-state index contributed by atoms with van der Waals surface area (Å²) in [6, 6.07) is 9.43. The Morgan fingerprint density at radius 3 is 2.56 bits per heavy atom. The second-order valence-electron chi connectivity index (χ2n) is 4.68. The molecule has 0 fully saturated rings. The number of carbonyl (C=O) groups excluding carboxylic acids is 1. The highest BCUT2D eigenvalue weighted by molar-refractivity contribution is 5.96. The fourth-order valence-corrected chi connectivity index (χ4v) is 1.96. The van der Waals surface area contributed by atoms with E-state index < -0.39 is 0 Å². The number of hydrogen-bond donors (Lipinski definition) is 0. The van der Waals surface area contributed by atoms with Crippen LogP contribution in [0.15, 0.2) is 43.0 Å². The third kappa shape index (κ3) is 2.83. The molecule has 18 heavy (non-hydrogen) atoms. The molecular weight excluding hydrogens is 226 g/mol. The molecule has 0 aliphatic rings. The molecule has 1 aromatic heterocycles. The van der Waals surface area contributed by atoms with Crippen LogP contribution in [-0.4, -0.2) is 20.5 Å². The molecule has 2 aromatic rings. The molecule has 0 spiro atoms. The van der Waals surface area contributed by atoms with E-state index in [1.165, 1.54) is 6.33 Å². The molecule has 1 atom stereocenters. The Labute approximate surface area is 107 Å². The number of Topliss-reactive ketones (excluding diaryl/α,β-unsaturated/α-hetero) is 1.